The summed E-state index contributed by atoms with van der Waals surface area (Å²) in [6.45, 7) is 1.20. The van der Waals surface area contributed by atoms with E-state index in [-0.39, 0.29) is 29.3 Å². The van der Waals surface area contributed by atoms with Gasteiger partial charge in [-0.1, -0.05) is 18.2 Å². The molecule has 2 saturated heterocycles. The molecule has 4 aliphatic carbocycles. The number of hydrogen-bond acceptors (Lipinski definition) is 6. The van der Waals surface area contributed by atoms with Crippen LogP contribution in [0.4, 0.5) is 0 Å². The fourth-order valence-corrected chi connectivity index (χ4v) is 8.37. The lowest BCUT2D eigenvalue weighted by atomic mass is 9.33. The van der Waals surface area contributed by atoms with Crippen molar-refractivity contribution in [3.05, 3.63) is 35.4 Å². The average molecular weight is 395 g/mol. The number of likely N-dealkylation sites (tertiary alicyclic amines) is 1. The lowest BCUT2D eigenvalue weighted by molar-refractivity contribution is -0.298. The van der Waals surface area contributed by atoms with E-state index in [0.29, 0.717) is 6.04 Å². The van der Waals surface area contributed by atoms with Gasteiger partial charge in [0, 0.05) is 24.1 Å². The lowest BCUT2D eigenvalue weighted by Gasteiger charge is -2.75. The molecule has 29 heavy (non-hydrogen) atoms. The minimum atomic E-state index is -0.816. The van der Waals surface area contributed by atoms with Gasteiger partial charge in [-0.2, -0.15) is 0 Å². The van der Waals surface area contributed by atoms with Crippen LogP contribution in [0.1, 0.15) is 24.0 Å². The Labute approximate surface area is 169 Å². The fraction of sp³-hybridized carbons (Fsp3) is 0.609. The van der Waals surface area contributed by atoms with E-state index >= 15 is 0 Å². The van der Waals surface area contributed by atoms with Crippen LogP contribution in [0.5, 0.6) is 11.5 Å². The van der Waals surface area contributed by atoms with Crippen molar-refractivity contribution in [3.8, 4) is 11.5 Å². The third-order valence-electron chi connectivity index (χ3n) is 9.35. The standard InChI is InChI=1S/C23H25NO5/c1-24-9-8-21-17-13-4-5-15(26-2)18(17)29-23(21)12-28-19(25)14-11-20(21,16(24)10-13)6-7-22(14,23)27-3/h4-7,14,16H,8-12H2,1-3H3/t14-,16+,20+,21+,22+,23+/m0/s1. The number of ether oxygens (including phenoxy) is 4. The van der Waals surface area contributed by atoms with Crippen LogP contribution in [0.25, 0.3) is 0 Å². The first-order valence-electron chi connectivity index (χ1n) is 10.5. The monoisotopic (exact) mass is 395 g/mol. The minimum Gasteiger partial charge on any atom is -0.493 e. The maximum absolute atomic E-state index is 13.0. The van der Waals surface area contributed by atoms with Crippen LogP contribution in [0.15, 0.2) is 24.3 Å². The smallest absolute Gasteiger partial charge is 0.312 e. The van der Waals surface area contributed by atoms with Gasteiger partial charge in [0.15, 0.2) is 17.1 Å². The first kappa shape index (κ1) is 16.7. The van der Waals surface area contributed by atoms with Crippen molar-refractivity contribution in [2.24, 2.45) is 11.3 Å². The van der Waals surface area contributed by atoms with E-state index in [1.165, 1.54) is 11.1 Å². The molecule has 1 aromatic rings. The van der Waals surface area contributed by atoms with Gasteiger partial charge in [0.1, 0.15) is 12.2 Å². The topological polar surface area (TPSA) is 57.2 Å². The Bertz CT molecular complexity index is 1020. The summed E-state index contributed by atoms with van der Waals surface area (Å²) in [6.07, 6.45) is 7.18. The highest BCUT2D eigenvalue weighted by atomic mass is 16.6. The Morgan fingerprint density at radius 2 is 2.10 bits per heavy atom. The molecule has 6 atom stereocenters. The van der Waals surface area contributed by atoms with Crippen molar-refractivity contribution in [2.45, 2.75) is 41.9 Å². The highest BCUT2D eigenvalue weighted by Crippen LogP contribution is 2.79. The zero-order valence-corrected chi connectivity index (χ0v) is 17.0. The van der Waals surface area contributed by atoms with Gasteiger partial charge in [0.25, 0.3) is 0 Å². The molecule has 3 heterocycles. The van der Waals surface area contributed by atoms with Gasteiger partial charge in [-0.05, 0) is 44.5 Å². The van der Waals surface area contributed by atoms with Crippen molar-refractivity contribution in [1.29, 1.82) is 0 Å². The number of carbonyl (C=O) groups excluding carboxylic acids is 1. The molecule has 1 aromatic carbocycles. The number of nitrogens with zero attached hydrogens (tertiary/aromatic N) is 1. The Balaban J connectivity index is 1.66. The summed E-state index contributed by atoms with van der Waals surface area (Å²) in [4.78, 5) is 15.5. The highest BCUT2D eigenvalue weighted by Gasteiger charge is 2.88. The summed E-state index contributed by atoms with van der Waals surface area (Å²) in [7, 11) is 5.63. The molecule has 0 N–H and O–H groups in total. The summed E-state index contributed by atoms with van der Waals surface area (Å²) in [5.41, 5.74) is 0.588. The zero-order valence-electron chi connectivity index (χ0n) is 17.0. The van der Waals surface area contributed by atoms with E-state index in [4.69, 9.17) is 18.9 Å². The molecule has 0 unspecified atom stereocenters. The van der Waals surface area contributed by atoms with Crippen LogP contribution in [0, 0.1) is 11.3 Å². The molecule has 1 saturated carbocycles. The quantitative estimate of drug-likeness (QED) is 0.563. The van der Waals surface area contributed by atoms with E-state index in [1.807, 2.05) is 6.07 Å². The largest absolute Gasteiger partial charge is 0.493 e. The minimum absolute atomic E-state index is 0.158. The van der Waals surface area contributed by atoms with Crippen molar-refractivity contribution >= 4 is 5.97 Å². The van der Waals surface area contributed by atoms with E-state index in [0.717, 1.165) is 37.3 Å². The van der Waals surface area contributed by atoms with Crippen LogP contribution in [-0.2, 0) is 26.1 Å². The van der Waals surface area contributed by atoms with Gasteiger partial charge in [0.2, 0.25) is 0 Å². The number of methoxy groups -OCH3 is 2. The predicted molar refractivity (Wildman–Crippen MR) is 103 cm³/mol. The molecular weight excluding hydrogens is 370 g/mol. The van der Waals surface area contributed by atoms with Crippen molar-refractivity contribution in [3.63, 3.8) is 0 Å². The van der Waals surface area contributed by atoms with E-state index in [1.54, 1.807) is 14.2 Å². The van der Waals surface area contributed by atoms with Crippen LogP contribution < -0.4 is 9.47 Å². The Morgan fingerprint density at radius 3 is 2.90 bits per heavy atom. The molecule has 0 aromatic heterocycles. The second-order valence-electron chi connectivity index (χ2n) is 9.65. The van der Waals surface area contributed by atoms with Crippen molar-refractivity contribution in [1.82, 2.24) is 4.90 Å². The van der Waals surface area contributed by atoms with Gasteiger partial charge in [-0.15, -0.1) is 0 Å². The van der Waals surface area contributed by atoms with Gasteiger partial charge in [0.05, 0.1) is 18.4 Å². The third kappa shape index (κ3) is 1.33. The zero-order chi connectivity index (χ0) is 19.8. The number of likely N-dealkylation sites (N-methyl/N-ethyl adjacent to an activating group) is 1. The lowest BCUT2D eigenvalue weighted by Crippen LogP contribution is -2.87. The Kier molecular flexibility index (Phi) is 2.68. The van der Waals surface area contributed by atoms with Crippen LogP contribution >= 0.6 is 0 Å². The van der Waals surface area contributed by atoms with Gasteiger partial charge < -0.3 is 23.8 Å². The molecule has 0 amide bonds. The maximum atomic E-state index is 13.0. The number of carbonyl (C=O) groups is 1. The van der Waals surface area contributed by atoms with E-state index < -0.39 is 11.2 Å². The SMILES string of the molecule is COc1ccc2c3c1O[C@@]14COC(=O)[C@@H]5C[C@]6(C=C[C@@]51OC)[C@@H](C2)N(C)CC[C@]346. The van der Waals surface area contributed by atoms with E-state index in [9.17, 15) is 4.79 Å². The maximum Gasteiger partial charge on any atom is 0.312 e. The number of esters is 1. The van der Waals surface area contributed by atoms with Crippen molar-refractivity contribution in [2.75, 3.05) is 34.4 Å². The van der Waals surface area contributed by atoms with Gasteiger partial charge >= 0.3 is 5.97 Å². The first-order valence-corrected chi connectivity index (χ1v) is 10.5. The number of benzene rings is 1. The Morgan fingerprint density at radius 1 is 1.24 bits per heavy atom. The molecule has 152 valence electrons. The molecule has 6 heteroatoms. The van der Waals surface area contributed by atoms with Crippen LogP contribution in [0.3, 0.4) is 0 Å². The second-order valence-corrected chi connectivity index (χ2v) is 9.65. The van der Waals surface area contributed by atoms with Gasteiger partial charge in [-0.3, -0.25) is 4.79 Å². The second kappa shape index (κ2) is 4.65. The normalized spacial score (nSPS) is 47.5. The van der Waals surface area contributed by atoms with Crippen LogP contribution in [-0.4, -0.2) is 62.5 Å². The summed E-state index contributed by atoms with van der Waals surface area (Å²) in [6, 6.07) is 4.55. The Hall–Kier alpha value is -2.05. The summed E-state index contributed by atoms with van der Waals surface area (Å²) in [5, 5.41) is 0. The molecule has 6 nitrogen and oxygen atoms in total. The molecule has 0 radical (unpaired) electrons. The molecule has 3 spiro atoms. The van der Waals surface area contributed by atoms with Crippen LogP contribution in [0.2, 0.25) is 0 Å². The molecular formula is C23H25NO5. The molecule has 3 fully saturated rings. The van der Waals surface area contributed by atoms with Crippen molar-refractivity contribution < 1.29 is 23.7 Å². The van der Waals surface area contributed by atoms with E-state index in [2.05, 4.69) is 30.2 Å². The number of hydrogen-bond donors (Lipinski definition) is 0. The number of piperidine rings is 1. The van der Waals surface area contributed by atoms with Gasteiger partial charge in [-0.25, -0.2) is 0 Å². The number of cyclic esters (lactones) is 1. The predicted octanol–water partition coefficient (Wildman–Crippen LogP) is 1.84. The first-order chi connectivity index (χ1) is 14.0. The molecule has 8 rings (SSSR count). The molecule has 6 bridgehead atoms. The molecule has 3 aliphatic heterocycles. The third-order valence-corrected chi connectivity index (χ3v) is 9.35. The summed E-state index contributed by atoms with van der Waals surface area (Å²) < 4.78 is 24.8. The fourth-order valence-electron chi connectivity index (χ4n) is 8.37. The average Bonchev–Trinajstić information content (AvgIpc) is 3.05. The summed E-state index contributed by atoms with van der Waals surface area (Å²) in [5.74, 6) is 1.08. The summed E-state index contributed by atoms with van der Waals surface area (Å²) >= 11 is 0. The number of rotatable bonds is 2. The molecule has 7 aliphatic rings. The highest BCUT2D eigenvalue weighted by molar-refractivity contribution is 5.81.